The second-order valence-corrected chi connectivity index (χ2v) is 11.4. The number of carbonyl (C=O) groups is 1. The molecule has 0 bridgehead atoms. The number of benzene rings is 2. The Kier molecular flexibility index (Phi) is 7.65. The number of hydrogen-bond donors (Lipinski definition) is 1. The molecule has 2 aromatic heterocycles. The molecule has 0 spiro atoms. The van der Waals surface area contributed by atoms with E-state index in [-0.39, 0.29) is 5.91 Å². The van der Waals surface area contributed by atoms with Crippen LogP contribution in [0.5, 0.6) is 0 Å². The van der Waals surface area contributed by atoms with Gasteiger partial charge in [-0.2, -0.15) is 10.4 Å². The van der Waals surface area contributed by atoms with Crippen LogP contribution in [0.1, 0.15) is 47.4 Å². The molecule has 0 atom stereocenters. The Hall–Kier alpha value is -4.49. The van der Waals surface area contributed by atoms with Crippen LogP contribution < -0.4 is 10.2 Å². The van der Waals surface area contributed by atoms with Gasteiger partial charge < -0.3 is 15.1 Å². The lowest BCUT2D eigenvalue weighted by atomic mass is 9.85. The molecule has 1 fully saturated rings. The van der Waals surface area contributed by atoms with Crippen LogP contribution in [0.2, 0.25) is 0 Å². The van der Waals surface area contributed by atoms with E-state index in [1.807, 2.05) is 71.3 Å². The lowest BCUT2D eigenvalue weighted by molar-refractivity contribution is 0.102. The van der Waals surface area contributed by atoms with Crippen LogP contribution in [0.15, 0.2) is 48.8 Å². The molecule has 0 radical (unpaired) electrons. The van der Waals surface area contributed by atoms with Gasteiger partial charge in [0.25, 0.3) is 5.91 Å². The lowest BCUT2D eigenvalue weighted by Gasteiger charge is -2.26. The molecule has 1 saturated heterocycles. The summed E-state index contributed by atoms with van der Waals surface area (Å²) in [6.07, 6.45) is 4.70. The summed E-state index contributed by atoms with van der Waals surface area (Å²) >= 11 is 0. The van der Waals surface area contributed by atoms with E-state index < -0.39 is 5.41 Å². The van der Waals surface area contributed by atoms with E-state index in [0.29, 0.717) is 11.3 Å². The second kappa shape index (κ2) is 11.2. The molecule has 2 aromatic carbocycles. The first-order chi connectivity index (χ1) is 19.6. The molecular formula is C31H37N9O. The number of likely N-dealkylation sites (N-methyl/N-ethyl adjacent to an activating group) is 1. The van der Waals surface area contributed by atoms with Crippen molar-refractivity contribution in [3.05, 3.63) is 71.2 Å². The van der Waals surface area contributed by atoms with Gasteiger partial charge in [0.15, 0.2) is 0 Å². The maximum Gasteiger partial charge on any atom is 0.255 e. The first-order valence-electron chi connectivity index (χ1n) is 13.9. The summed E-state index contributed by atoms with van der Waals surface area (Å²) in [6.45, 7) is 11.5. The Morgan fingerprint density at radius 2 is 1.85 bits per heavy atom. The SMILES string of the molecule is Cc1ccc(NC(=O)c2cc(N3CCCN(C)CC3)cc(C(C)(C)C#N)c2)cc1-n1cc(-c2cnn(C)c2C)nn1. The lowest BCUT2D eigenvalue weighted by Crippen LogP contribution is -2.29. The van der Waals surface area contributed by atoms with Gasteiger partial charge in [-0.3, -0.25) is 9.48 Å². The van der Waals surface area contributed by atoms with Gasteiger partial charge in [0.05, 0.1) is 29.6 Å². The van der Waals surface area contributed by atoms with Crippen LogP contribution in [-0.2, 0) is 12.5 Å². The number of rotatable bonds is 6. The van der Waals surface area contributed by atoms with Gasteiger partial charge in [0.1, 0.15) is 5.69 Å². The van der Waals surface area contributed by atoms with Gasteiger partial charge in [-0.15, -0.1) is 5.10 Å². The second-order valence-electron chi connectivity index (χ2n) is 11.4. The van der Waals surface area contributed by atoms with E-state index in [1.54, 1.807) is 15.6 Å². The fraction of sp³-hybridized carbons (Fsp3) is 0.387. The van der Waals surface area contributed by atoms with Gasteiger partial charge in [-0.25, -0.2) is 4.68 Å². The van der Waals surface area contributed by atoms with Gasteiger partial charge in [-0.1, -0.05) is 11.3 Å². The standard InChI is InChI=1S/C31H37N9O/c1-21-8-9-25(17-29(21)40-19-28(35-36-40)27-18-33-38(6)22(27)2)34-30(41)23-14-24(31(3,4)20-32)16-26(15-23)39-11-7-10-37(5)12-13-39/h8-9,14-19H,7,10-13H2,1-6H3,(H,34,41). The number of amides is 1. The van der Waals surface area contributed by atoms with Crippen molar-refractivity contribution in [2.24, 2.45) is 7.05 Å². The van der Waals surface area contributed by atoms with E-state index >= 15 is 0 Å². The molecule has 3 heterocycles. The monoisotopic (exact) mass is 551 g/mol. The fourth-order valence-corrected chi connectivity index (χ4v) is 5.05. The average molecular weight is 552 g/mol. The molecule has 5 rings (SSSR count). The smallest absolute Gasteiger partial charge is 0.255 e. The average Bonchev–Trinajstić information content (AvgIpc) is 3.50. The van der Waals surface area contributed by atoms with Gasteiger partial charge in [0.2, 0.25) is 0 Å². The van der Waals surface area contributed by atoms with Gasteiger partial charge in [-0.05, 0) is 89.2 Å². The van der Waals surface area contributed by atoms with Crippen molar-refractivity contribution in [2.75, 3.05) is 43.4 Å². The van der Waals surface area contributed by atoms with Crippen LogP contribution in [0.3, 0.4) is 0 Å². The van der Waals surface area contributed by atoms with E-state index in [4.69, 9.17) is 0 Å². The normalized spacial score (nSPS) is 14.5. The Balaban J connectivity index is 1.44. The predicted molar refractivity (Wildman–Crippen MR) is 160 cm³/mol. The maximum absolute atomic E-state index is 13.6. The highest BCUT2D eigenvalue weighted by atomic mass is 16.1. The molecule has 1 aliphatic heterocycles. The number of nitrogens with zero attached hydrogens (tertiary/aromatic N) is 8. The van der Waals surface area contributed by atoms with Crippen molar-refractivity contribution in [2.45, 2.75) is 39.5 Å². The van der Waals surface area contributed by atoms with Crippen LogP contribution >= 0.6 is 0 Å². The zero-order valence-corrected chi connectivity index (χ0v) is 24.6. The molecule has 10 heteroatoms. The maximum atomic E-state index is 13.6. The van der Waals surface area contributed by atoms with E-state index in [1.165, 1.54) is 0 Å². The highest BCUT2D eigenvalue weighted by Crippen LogP contribution is 2.30. The third kappa shape index (κ3) is 5.86. The Bertz CT molecular complexity index is 1620. The van der Waals surface area contributed by atoms with Crippen molar-refractivity contribution in [3.8, 4) is 23.0 Å². The summed E-state index contributed by atoms with van der Waals surface area (Å²) in [5.41, 5.74) is 6.70. The third-order valence-electron chi connectivity index (χ3n) is 7.98. The first-order valence-corrected chi connectivity index (χ1v) is 13.9. The summed E-state index contributed by atoms with van der Waals surface area (Å²) in [6, 6.07) is 14.0. The highest BCUT2D eigenvalue weighted by molar-refractivity contribution is 6.05. The number of aromatic nitrogens is 5. The van der Waals surface area contributed by atoms with Crippen LogP contribution in [0, 0.1) is 25.2 Å². The van der Waals surface area contributed by atoms with Crippen molar-refractivity contribution in [1.29, 1.82) is 5.26 Å². The zero-order valence-electron chi connectivity index (χ0n) is 24.6. The topological polar surface area (TPSA) is 108 Å². The summed E-state index contributed by atoms with van der Waals surface area (Å²) in [5.74, 6) is -0.228. The number of nitriles is 1. The molecule has 212 valence electrons. The predicted octanol–water partition coefficient (Wildman–Crippen LogP) is 4.48. The van der Waals surface area contributed by atoms with E-state index in [2.05, 4.69) is 49.7 Å². The fourth-order valence-electron chi connectivity index (χ4n) is 5.05. The molecule has 10 nitrogen and oxygen atoms in total. The molecule has 1 aliphatic rings. The number of hydrogen-bond acceptors (Lipinski definition) is 7. The third-order valence-corrected chi connectivity index (χ3v) is 7.98. The van der Waals surface area contributed by atoms with Crippen molar-refractivity contribution < 1.29 is 4.79 Å². The number of anilines is 2. The molecule has 4 aromatic rings. The Morgan fingerprint density at radius 1 is 1.05 bits per heavy atom. The zero-order chi connectivity index (χ0) is 29.3. The minimum Gasteiger partial charge on any atom is -0.370 e. The summed E-state index contributed by atoms with van der Waals surface area (Å²) < 4.78 is 3.52. The summed E-state index contributed by atoms with van der Waals surface area (Å²) in [7, 11) is 4.03. The van der Waals surface area contributed by atoms with E-state index in [9.17, 15) is 10.1 Å². The Morgan fingerprint density at radius 3 is 2.59 bits per heavy atom. The molecule has 41 heavy (non-hydrogen) atoms. The molecule has 0 saturated carbocycles. The molecule has 1 amide bonds. The van der Waals surface area contributed by atoms with Crippen molar-refractivity contribution in [3.63, 3.8) is 0 Å². The Labute approximate surface area is 241 Å². The quantitative estimate of drug-likeness (QED) is 0.376. The van der Waals surface area contributed by atoms with E-state index in [0.717, 1.165) is 72.1 Å². The summed E-state index contributed by atoms with van der Waals surface area (Å²) in [5, 5.41) is 26.0. The molecule has 1 N–H and O–H groups in total. The highest BCUT2D eigenvalue weighted by Gasteiger charge is 2.24. The number of carbonyl (C=O) groups excluding carboxylic acids is 1. The molecule has 0 unspecified atom stereocenters. The minimum atomic E-state index is -0.734. The molecular weight excluding hydrogens is 514 g/mol. The first kappa shape index (κ1) is 28.1. The summed E-state index contributed by atoms with van der Waals surface area (Å²) in [4.78, 5) is 18.3. The minimum absolute atomic E-state index is 0.228. The van der Waals surface area contributed by atoms with Crippen LogP contribution in [0.4, 0.5) is 11.4 Å². The van der Waals surface area contributed by atoms with Crippen LogP contribution in [0.25, 0.3) is 16.9 Å². The molecule has 0 aliphatic carbocycles. The van der Waals surface area contributed by atoms with Gasteiger partial charge in [0, 0.05) is 54.9 Å². The number of aryl methyl sites for hydroxylation is 2. The van der Waals surface area contributed by atoms with Gasteiger partial charge >= 0.3 is 0 Å². The van der Waals surface area contributed by atoms with Crippen molar-refractivity contribution in [1.82, 2.24) is 29.7 Å². The number of nitrogens with one attached hydrogen (secondary N) is 1. The van der Waals surface area contributed by atoms with Crippen LogP contribution in [-0.4, -0.2) is 68.8 Å². The van der Waals surface area contributed by atoms with Crippen molar-refractivity contribution >= 4 is 17.3 Å². The largest absolute Gasteiger partial charge is 0.370 e.